The molecule has 0 spiro atoms. The van der Waals surface area contributed by atoms with Crippen LogP contribution in [0.1, 0.15) is 6.42 Å². The van der Waals surface area contributed by atoms with Gasteiger partial charge in [-0.15, -0.1) is 11.3 Å². The van der Waals surface area contributed by atoms with E-state index < -0.39 is 12.1 Å². The highest BCUT2D eigenvalue weighted by molar-refractivity contribution is 7.15. The highest BCUT2D eigenvalue weighted by atomic mass is 35.5. The van der Waals surface area contributed by atoms with E-state index in [-0.39, 0.29) is 5.91 Å². The second-order valence-electron chi connectivity index (χ2n) is 4.91. The van der Waals surface area contributed by atoms with Gasteiger partial charge in [0.1, 0.15) is 10.4 Å². The number of rotatable bonds is 3. The monoisotopic (exact) mass is 339 g/mol. The molecule has 2 aromatic rings. The third-order valence-corrected chi connectivity index (χ3v) is 4.55. The van der Waals surface area contributed by atoms with Crippen LogP contribution in [0.15, 0.2) is 23.8 Å². The summed E-state index contributed by atoms with van der Waals surface area (Å²) in [4.78, 5) is 25.9. The minimum absolute atomic E-state index is 0.139. The summed E-state index contributed by atoms with van der Waals surface area (Å²) in [7, 11) is 1.79. The lowest BCUT2D eigenvalue weighted by atomic mass is 10.2. The molecule has 0 radical (unpaired) electrons. The van der Waals surface area contributed by atoms with E-state index in [0.717, 1.165) is 5.69 Å². The summed E-state index contributed by atoms with van der Waals surface area (Å²) in [5, 5.41) is 11.1. The van der Waals surface area contributed by atoms with Crippen LogP contribution in [0, 0.1) is 0 Å². The predicted molar refractivity (Wildman–Crippen MR) is 85.4 cm³/mol. The van der Waals surface area contributed by atoms with Crippen molar-refractivity contribution >= 4 is 46.3 Å². The van der Waals surface area contributed by atoms with Gasteiger partial charge in [-0.05, 0) is 17.9 Å². The molecule has 1 aliphatic heterocycles. The molecule has 1 fully saturated rings. The molecular formula is C13H14ClN5O2S. The van der Waals surface area contributed by atoms with Crippen molar-refractivity contribution in [3.8, 4) is 0 Å². The summed E-state index contributed by atoms with van der Waals surface area (Å²) in [6.45, 7) is 0.550. The van der Waals surface area contributed by atoms with Crippen molar-refractivity contribution < 1.29 is 9.59 Å². The molecule has 0 bridgehead atoms. The van der Waals surface area contributed by atoms with Crippen LogP contribution in [0.25, 0.3) is 0 Å². The molecule has 9 heteroatoms. The number of nitrogens with one attached hydrogen (secondary N) is 2. The maximum absolute atomic E-state index is 12.3. The number of amides is 3. The van der Waals surface area contributed by atoms with Crippen molar-refractivity contribution in [2.24, 2.45) is 7.05 Å². The van der Waals surface area contributed by atoms with Gasteiger partial charge in [-0.2, -0.15) is 5.10 Å². The first-order valence-electron chi connectivity index (χ1n) is 6.65. The summed E-state index contributed by atoms with van der Waals surface area (Å²) in [5.41, 5.74) is 1.27. The SMILES string of the molecule is Cn1cc(N2CC[C@@H](NC(=O)Nc3ccsc3Cl)C2=O)cn1. The molecule has 3 amide bonds. The van der Waals surface area contributed by atoms with E-state index in [9.17, 15) is 9.59 Å². The molecule has 2 N–H and O–H groups in total. The van der Waals surface area contributed by atoms with Gasteiger partial charge in [-0.25, -0.2) is 4.79 Å². The molecule has 116 valence electrons. The normalized spacial score (nSPS) is 17.8. The fourth-order valence-electron chi connectivity index (χ4n) is 2.32. The Morgan fingerprint density at radius 2 is 2.36 bits per heavy atom. The molecule has 0 aromatic carbocycles. The number of carbonyl (C=O) groups excluding carboxylic acids is 2. The molecule has 1 saturated heterocycles. The molecule has 7 nitrogen and oxygen atoms in total. The van der Waals surface area contributed by atoms with E-state index in [1.54, 1.807) is 40.5 Å². The molecule has 0 aliphatic carbocycles. The second-order valence-corrected chi connectivity index (χ2v) is 6.43. The maximum atomic E-state index is 12.3. The van der Waals surface area contributed by atoms with Crippen molar-refractivity contribution in [3.63, 3.8) is 0 Å². The van der Waals surface area contributed by atoms with Gasteiger partial charge in [0.2, 0.25) is 5.91 Å². The van der Waals surface area contributed by atoms with E-state index in [0.29, 0.717) is 23.0 Å². The van der Waals surface area contributed by atoms with E-state index >= 15 is 0 Å². The molecule has 3 heterocycles. The summed E-state index contributed by atoms with van der Waals surface area (Å²) < 4.78 is 2.14. The first-order valence-corrected chi connectivity index (χ1v) is 7.91. The van der Waals surface area contributed by atoms with Crippen LogP contribution in [-0.2, 0) is 11.8 Å². The summed E-state index contributed by atoms with van der Waals surface area (Å²) in [5.74, 6) is -0.139. The first-order chi connectivity index (χ1) is 10.5. The smallest absolute Gasteiger partial charge is 0.319 e. The van der Waals surface area contributed by atoms with Crippen LogP contribution >= 0.6 is 22.9 Å². The van der Waals surface area contributed by atoms with Crippen LogP contribution in [0.5, 0.6) is 0 Å². The minimum atomic E-state index is -0.544. The van der Waals surface area contributed by atoms with Crippen molar-refractivity contribution in [2.45, 2.75) is 12.5 Å². The zero-order valence-corrected chi connectivity index (χ0v) is 13.3. The Balaban J connectivity index is 1.61. The fraction of sp³-hybridized carbons (Fsp3) is 0.308. The third-order valence-electron chi connectivity index (χ3n) is 3.38. The summed E-state index contributed by atoms with van der Waals surface area (Å²) in [6.07, 6.45) is 3.95. The van der Waals surface area contributed by atoms with Crippen LogP contribution in [0.2, 0.25) is 4.34 Å². The number of urea groups is 1. The van der Waals surface area contributed by atoms with Gasteiger partial charge in [0.05, 0.1) is 17.6 Å². The van der Waals surface area contributed by atoms with Gasteiger partial charge in [-0.3, -0.25) is 9.48 Å². The van der Waals surface area contributed by atoms with Crippen LogP contribution < -0.4 is 15.5 Å². The fourth-order valence-corrected chi connectivity index (χ4v) is 3.15. The lowest BCUT2D eigenvalue weighted by Gasteiger charge is -2.15. The second kappa shape index (κ2) is 5.98. The molecule has 22 heavy (non-hydrogen) atoms. The van der Waals surface area contributed by atoms with E-state index in [1.807, 2.05) is 0 Å². The van der Waals surface area contributed by atoms with Crippen molar-refractivity contribution in [1.29, 1.82) is 0 Å². The Bertz CT molecular complexity index is 713. The maximum Gasteiger partial charge on any atom is 0.319 e. The topological polar surface area (TPSA) is 79.3 Å². The summed E-state index contributed by atoms with van der Waals surface area (Å²) >= 11 is 7.25. The van der Waals surface area contributed by atoms with Gasteiger partial charge in [0.15, 0.2) is 0 Å². The Kier molecular flexibility index (Phi) is 4.04. The van der Waals surface area contributed by atoms with E-state index in [1.165, 1.54) is 11.3 Å². The Morgan fingerprint density at radius 1 is 1.55 bits per heavy atom. The van der Waals surface area contributed by atoms with Crippen LogP contribution in [0.3, 0.4) is 0 Å². The largest absolute Gasteiger partial charge is 0.326 e. The number of carbonyl (C=O) groups is 2. The Morgan fingerprint density at radius 3 is 3.00 bits per heavy atom. The quantitative estimate of drug-likeness (QED) is 0.898. The lowest BCUT2D eigenvalue weighted by Crippen LogP contribution is -2.43. The van der Waals surface area contributed by atoms with Crippen molar-refractivity contribution in [2.75, 3.05) is 16.8 Å². The van der Waals surface area contributed by atoms with Gasteiger partial charge in [0.25, 0.3) is 0 Å². The number of hydrogen-bond donors (Lipinski definition) is 2. The van der Waals surface area contributed by atoms with Crippen molar-refractivity contribution in [3.05, 3.63) is 28.2 Å². The Hall–Kier alpha value is -2.06. The third kappa shape index (κ3) is 2.93. The highest BCUT2D eigenvalue weighted by Crippen LogP contribution is 2.27. The van der Waals surface area contributed by atoms with Crippen LogP contribution in [0.4, 0.5) is 16.2 Å². The molecule has 0 unspecified atom stereocenters. The molecule has 1 aliphatic rings. The lowest BCUT2D eigenvalue weighted by molar-refractivity contribution is -0.118. The standard InChI is InChI=1S/C13H14ClN5O2S/c1-18-7-8(6-15-18)19-4-2-10(12(19)20)17-13(21)16-9-3-5-22-11(9)14/h3,5-7,10H,2,4H2,1H3,(H2,16,17,21)/t10-/m1/s1. The molecule has 0 saturated carbocycles. The number of aromatic nitrogens is 2. The van der Waals surface area contributed by atoms with Gasteiger partial charge in [0, 0.05) is 19.8 Å². The number of halogens is 1. The van der Waals surface area contributed by atoms with Gasteiger partial charge >= 0.3 is 6.03 Å². The number of nitrogens with zero attached hydrogens (tertiary/aromatic N) is 3. The average Bonchev–Trinajstić information content (AvgIpc) is 3.15. The summed E-state index contributed by atoms with van der Waals surface area (Å²) in [6, 6.07) is 0.731. The van der Waals surface area contributed by atoms with Gasteiger partial charge < -0.3 is 15.5 Å². The highest BCUT2D eigenvalue weighted by Gasteiger charge is 2.34. The molecular weight excluding hydrogens is 326 g/mol. The number of thiophene rings is 1. The molecule has 3 rings (SSSR count). The molecule has 1 atom stereocenters. The van der Waals surface area contributed by atoms with E-state index in [2.05, 4.69) is 15.7 Å². The number of anilines is 2. The van der Waals surface area contributed by atoms with Crippen molar-refractivity contribution in [1.82, 2.24) is 15.1 Å². The van der Waals surface area contributed by atoms with E-state index in [4.69, 9.17) is 11.6 Å². The zero-order chi connectivity index (χ0) is 15.7. The van der Waals surface area contributed by atoms with Crippen LogP contribution in [-0.4, -0.2) is 34.3 Å². The molecule has 2 aromatic heterocycles. The minimum Gasteiger partial charge on any atom is -0.326 e. The predicted octanol–water partition coefficient (Wildman–Crippen LogP) is 2.06. The Labute approximate surface area is 135 Å². The zero-order valence-electron chi connectivity index (χ0n) is 11.7. The first kappa shape index (κ1) is 14.9. The number of hydrogen-bond acceptors (Lipinski definition) is 4. The average molecular weight is 340 g/mol. The van der Waals surface area contributed by atoms with Gasteiger partial charge in [-0.1, -0.05) is 11.6 Å². The number of aryl methyl sites for hydroxylation is 1.